The lowest BCUT2D eigenvalue weighted by atomic mass is 10.0. The minimum absolute atomic E-state index is 0.302. The van der Waals surface area contributed by atoms with Gasteiger partial charge in [-0.3, -0.25) is 9.59 Å². The smallest absolute Gasteiger partial charge is 0.308 e. The predicted molar refractivity (Wildman–Crippen MR) is 84.8 cm³/mol. The van der Waals surface area contributed by atoms with Crippen molar-refractivity contribution in [3.8, 4) is 5.69 Å². The molecule has 3 rings (SSSR count). The normalized spacial score (nSPS) is 20.4. The van der Waals surface area contributed by atoms with E-state index in [0.29, 0.717) is 23.4 Å². The van der Waals surface area contributed by atoms with Gasteiger partial charge in [-0.2, -0.15) is 5.10 Å². The van der Waals surface area contributed by atoms with Crippen LogP contribution in [0.2, 0.25) is 5.02 Å². The average molecular weight is 334 g/mol. The van der Waals surface area contributed by atoms with Crippen molar-refractivity contribution in [2.75, 3.05) is 0 Å². The van der Waals surface area contributed by atoms with Crippen LogP contribution < -0.4 is 5.32 Å². The zero-order chi connectivity index (χ0) is 16.4. The monoisotopic (exact) mass is 333 g/mol. The zero-order valence-electron chi connectivity index (χ0n) is 12.3. The number of hydrogen-bond acceptors (Lipinski definition) is 3. The molecule has 1 fully saturated rings. The standard InChI is InChI=1S/C16H16ClN3O3/c17-11-4-6-12(7-5-11)20-9-10(8-18-20)15(21)19-14-3-1-2-13(14)16(22)23/h4-9,13-14H,1-3H2,(H,19,21)(H,22,23)/t13-,14+/m1/s1. The number of carbonyl (C=O) groups excluding carboxylic acids is 1. The van der Waals surface area contributed by atoms with Crippen LogP contribution in [0.1, 0.15) is 29.6 Å². The molecule has 1 heterocycles. The molecule has 2 atom stereocenters. The number of aliphatic carboxylic acids is 1. The molecule has 1 aliphatic carbocycles. The number of carboxylic acids is 1. The fourth-order valence-corrected chi connectivity index (χ4v) is 2.98. The third kappa shape index (κ3) is 3.37. The van der Waals surface area contributed by atoms with Gasteiger partial charge in [0.25, 0.3) is 5.91 Å². The molecule has 120 valence electrons. The first-order chi connectivity index (χ1) is 11.0. The van der Waals surface area contributed by atoms with E-state index in [-0.39, 0.29) is 11.9 Å². The molecule has 1 amide bonds. The Labute approximate surface area is 138 Å². The fraction of sp³-hybridized carbons (Fsp3) is 0.312. The molecule has 0 spiro atoms. The number of amides is 1. The zero-order valence-corrected chi connectivity index (χ0v) is 13.0. The van der Waals surface area contributed by atoms with E-state index in [0.717, 1.165) is 12.1 Å². The van der Waals surface area contributed by atoms with E-state index in [1.54, 1.807) is 35.1 Å². The Kier molecular flexibility index (Phi) is 4.34. The first-order valence-electron chi connectivity index (χ1n) is 7.39. The Balaban J connectivity index is 1.71. The van der Waals surface area contributed by atoms with Crippen molar-refractivity contribution in [2.45, 2.75) is 25.3 Å². The highest BCUT2D eigenvalue weighted by atomic mass is 35.5. The van der Waals surface area contributed by atoms with Gasteiger partial charge in [0.2, 0.25) is 0 Å². The number of carbonyl (C=O) groups is 2. The highest BCUT2D eigenvalue weighted by Gasteiger charge is 2.34. The maximum Gasteiger partial charge on any atom is 0.308 e. The lowest BCUT2D eigenvalue weighted by Gasteiger charge is -2.16. The summed E-state index contributed by atoms with van der Waals surface area (Å²) in [6.45, 7) is 0. The Morgan fingerprint density at radius 1 is 1.26 bits per heavy atom. The summed E-state index contributed by atoms with van der Waals surface area (Å²) < 4.78 is 1.58. The molecule has 1 saturated carbocycles. The van der Waals surface area contributed by atoms with Gasteiger partial charge in [-0.25, -0.2) is 4.68 Å². The molecule has 23 heavy (non-hydrogen) atoms. The molecule has 1 aromatic carbocycles. The molecule has 2 aromatic rings. The number of halogens is 1. The van der Waals surface area contributed by atoms with Crippen molar-refractivity contribution in [2.24, 2.45) is 5.92 Å². The molecule has 7 heteroatoms. The Hall–Kier alpha value is -2.34. The number of hydrogen-bond donors (Lipinski definition) is 2. The van der Waals surface area contributed by atoms with Crippen LogP contribution >= 0.6 is 11.6 Å². The van der Waals surface area contributed by atoms with Gasteiger partial charge in [0, 0.05) is 17.3 Å². The van der Waals surface area contributed by atoms with E-state index in [9.17, 15) is 9.59 Å². The van der Waals surface area contributed by atoms with Gasteiger partial charge in [-0.15, -0.1) is 0 Å². The third-order valence-corrected chi connectivity index (χ3v) is 4.34. The first-order valence-corrected chi connectivity index (χ1v) is 7.76. The molecule has 1 aliphatic rings. The Morgan fingerprint density at radius 3 is 2.70 bits per heavy atom. The van der Waals surface area contributed by atoms with Crippen molar-refractivity contribution in [1.29, 1.82) is 0 Å². The Morgan fingerprint density at radius 2 is 2.00 bits per heavy atom. The van der Waals surface area contributed by atoms with E-state index >= 15 is 0 Å². The topological polar surface area (TPSA) is 84.2 Å². The van der Waals surface area contributed by atoms with Crippen LogP contribution in [0.25, 0.3) is 5.69 Å². The van der Waals surface area contributed by atoms with Crippen LogP contribution in [0.15, 0.2) is 36.7 Å². The minimum atomic E-state index is -0.857. The predicted octanol–water partition coefficient (Wildman–Crippen LogP) is 2.51. The molecule has 0 unspecified atom stereocenters. The van der Waals surface area contributed by atoms with Crippen molar-refractivity contribution >= 4 is 23.5 Å². The second-order valence-corrected chi connectivity index (χ2v) is 6.04. The number of aromatic nitrogens is 2. The second-order valence-electron chi connectivity index (χ2n) is 5.61. The van der Waals surface area contributed by atoms with Gasteiger partial charge in [0.15, 0.2) is 0 Å². The van der Waals surface area contributed by atoms with E-state index < -0.39 is 11.9 Å². The van der Waals surface area contributed by atoms with Gasteiger partial charge in [0.05, 0.1) is 23.4 Å². The lowest BCUT2D eigenvalue weighted by molar-refractivity contribution is -0.142. The van der Waals surface area contributed by atoms with Gasteiger partial charge in [-0.05, 0) is 37.1 Å². The van der Waals surface area contributed by atoms with Crippen molar-refractivity contribution in [3.05, 3.63) is 47.2 Å². The summed E-state index contributed by atoms with van der Waals surface area (Å²) in [7, 11) is 0. The van der Waals surface area contributed by atoms with Crippen LogP contribution in [-0.2, 0) is 4.79 Å². The SMILES string of the molecule is O=C(N[C@H]1CCC[C@H]1C(=O)O)c1cnn(-c2ccc(Cl)cc2)c1. The average Bonchev–Trinajstić information content (AvgIpc) is 3.16. The van der Waals surface area contributed by atoms with Crippen molar-refractivity contribution in [3.63, 3.8) is 0 Å². The van der Waals surface area contributed by atoms with Gasteiger partial charge in [0.1, 0.15) is 0 Å². The summed E-state index contributed by atoms with van der Waals surface area (Å²) in [6.07, 6.45) is 5.18. The number of carboxylic acid groups (broad SMARTS) is 1. The van der Waals surface area contributed by atoms with Crippen molar-refractivity contribution in [1.82, 2.24) is 15.1 Å². The highest BCUT2D eigenvalue weighted by molar-refractivity contribution is 6.30. The summed E-state index contributed by atoms with van der Waals surface area (Å²) in [5, 5.41) is 16.8. The van der Waals surface area contributed by atoms with E-state index in [2.05, 4.69) is 10.4 Å². The van der Waals surface area contributed by atoms with E-state index in [4.69, 9.17) is 16.7 Å². The number of nitrogens with zero attached hydrogens (tertiary/aromatic N) is 2. The van der Waals surface area contributed by atoms with Crippen molar-refractivity contribution < 1.29 is 14.7 Å². The van der Waals surface area contributed by atoms with Gasteiger partial charge >= 0.3 is 5.97 Å². The molecule has 0 bridgehead atoms. The molecule has 0 radical (unpaired) electrons. The lowest BCUT2D eigenvalue weighted by Crippen LogP contribution is -2.40. The van der Waals surface area contributed by atoms with E-state index in [1.807, 2.05) is 0 Å². The molecule has 0 saturated heterocycles. The van der Waals surface area contributed by atoms with Gasteiger partial charge < -0.3 is 10.4 Å². The van der Waals surface area contributed by atoms with Crippen LogP contribution in [0, 0.1) is 5.92 Å². The first kappa shape index (κ1) is 15.6. The quantitative estimate of drug-likeness (QED) is 0.900. The molecular formula is C16H16ClN3O3. The summed E-state index contributed by atoms with van der Waals surface area (Å²) in [5.41, 5.74) is 1.19. The molecule has 6 nitrogen and oxygen atoms in total. The molecule has 0 aliphatic heterocycles. The summed E-state index contributed by atoms with van der Waals surface area (Å²) in [6, 6.07) is 6.77. The van der Waals surface area contributed by atoms with Crippen LogP contribution in [-0.4, -0.2) is 32.8 Å². The molecule has 2 N–H and O–H groups in total. The maximum absolute atomic E-state index is 12.3. The summed E-state index contributed by atoms with van der Waals surface area (Å²) >= 11 is 5.85. The molecule has 1 aromatic heterocycles. The summed E-state index contributed by atoms with van der Waals surface area (Å²) in [5.74, 6) is -1.67. The third-order valence-electron chi connectivity index (χ3n) is 4.09. The molecular weight excluding hydrogens is 318 g/mol. The van der Waals surface area contributed by atoms with Crippen LogP contribution in [0.5, 0.6) is 0 Å². The van der Waals surface area contributed by atoms with Crippen LogP contribution in [0.3, 0.4) is 0 Å². The Bertz CT molecular complexity index is 726. The highest BCUT2D eigenvalue weighted by Crippen LogP contribution is 2.26. The maximum atomic E-state index is 12.3. The van der Waals surface area contributed by atoms with E-state index in [1.165, 1.54) is 6.20 Å². The van der Waals surface area contributed by atoms with Gasteiger partial charge in [-0.1, -0.05) is 18.0 Å². The number of rotatable bonds is 4. The minimum Gasteiger partial charge on any atom is -0.481 e. The summed E-state index contributed by atoms with van der Waals surface area (Å²) in [4.78, 5) is 23.5. The fourth-order valence-electron chi connectivity index (χ4n) is 2.86. The number of benzene rings is 1. The largest absolute Gasteiger partial charge is 0.481 e. The van der Waals surface area contributed by atoms with Crippen LogP contribution in [0.4, 0.5) is 0 Å². The number of nitrogens with one attached hydrogen (secondary N) is 1. The second kappa shape index (κ2) is 6.42.